The molecule has 1 aliphatic rings. The minimum Gasteiger partial charge on any atom is -0.493 e. The summed E-state index contributed by atoms with van der Waals surface area (Å²) < 4.78 is 21.2. The van der Waals surface area contributed by atoms with Crippen LogP contribution in [0.5, 0.6) is 11.5 Å². The van der Waals surface area contributed by atoms with E-state index in [4.69, 9.17) is 18.9 Å². The molecule has 2 aromatic carbocycles. The fraction of sp³-hybridized carbons (Fsp3) is 0.429. The van der Waals surface area contributed by atoms with E-state index in [9.17, 15) is 9.59 Å². The third-order valence-electron chi connectivity index (χ3n) is 5.75. The molecular weight excluding hydrogens is 460 g/mol. The zero-order valence-corrected chi connectivity index (χ0v) is 22.0. The van der Waals surface area contributed by atoms with Crippen LogP contribution in [0.3, 0.4) is 0 Å². The van der Waals surface area contributed by atoms with Crippen LogP contribution in [0.1, 0.15) is 49.2 Å². The average molecular weight is 495 g/mol. The van der Waals surface area contributed by atoms with Crippen molar-refractivity contribution in [2.75, 3.05) is 45.9 Å². The fourth-order valence-electron chi connectivity index (χ4n) is 3.95. The minimum absolute atomic E-state index is 0.0558. The van der Waals surface area contributed by atoms with Gasteiger partial charge in [-0.25, -0.2) is 9.59 Å². The van der Waals surface area contributed by atoms with Crippen molar-refractivity contribution in [1.29, 1.82) is 0 Å². The lowest BCUT2D eigenvalue weighted by Crippen LogP contribution is -2.55. The molecule has 0 N–H and O–H groups in total. The standard InChI is InChI=1S/C28H34N2O6/c1-19-18-29(14-15-30(19)27(32)36-28(2,3)4)22-12-11-21(23(17-22)26(31)35-7)10-8-20-9-13-24(33-5)25(16-20)34-6/h9,11-13,16-17,19H,14-15,18H2,1-7H3. The Balaban J connectivity index is 1.83. The zero-order valence-electron chi connectivity index (χ0n) is 22.0. The van der Waals surface area contributed by atoms with E-state index in [2.05, 4.69) is 16.7 Å². The minimum atomic E-state index is -0.544. The number of esters is 1. The van der Waals surface area contributed by atoms with E-state index >= 15 is 0 Å². The summed E-state index contributed by atoms with van der Waals surface area (Å²) in [7, 11) is 4.49. The van der Waals surface area contributed by atoms with E-state index in [1.165, 1.54) is 7.11 Å². The Bertz CT molecular complexity index is 1170. The van der Waals surface area contributed by atoms with Crippen LogP contribution in [0.25, 0.3) is 0 Å². The predicted molar refractivity (Wildman–Crippen MR) is 138 cm³/mol. The molecule has 3 rings (SSSR count). The summed E-state index contributed by atoms with van der Waals surface area (Å²) >= 11 is 0. The van der Waals surface area contributed by atoms with Crippen LogP contribution in [0, 0.1) is 11.8 Å². The SMILES string of the molecule is COC(=O)c1cc(N2CCN(C(=O)OC(C)(C)C)C(C)C2)ccc1C#Cc1ccc(OC)c(OC)c1. The Morgan fingerprint density at radius 1 is 0.944 bits per heavy atom. The number of nitrogens with zero attached hydrogens (tertiary/aromatic N) is 2. The topological polar surface area (TPSA) is 77.5 Å². The number of hydrogen-bond donors (Lipinski definition) is 0. The van der Waals surface area contributed by atoms with Crippen molar-refractivity contribution < 1.29 is 28.5 Å². The summed E-state index contributed by atoms with van der Waals surface area (Å²) in [6.07, 6.45) is -0.314. The number of anilines is 1. The van der Waals surface area contributed by atoms with Gasteiger partial charge >= 0.3 is 12.1 Å². The molecule has 36 heavy (non-hydrogen) atoms. The predicted octanol–water partition coefficient (Wildman–Crippen LogP) is 4.34. The highest BCUT2D eigenvalue weighted by Gasteiger charge is 2.31. The van der Waals surface area contributed by atoms with Crippen LogP contribution in [-0.4, -0.2) is 69.6 Å². The van der Waals surface area contributed by atoms with Gasteiger partial charge in [0.15, 0.2) is 11.5 Å². The van der Waals surface area contributed by atoms with Gasteiger partial charge in [-0.05, 0) is 64.1 Å². The summed E-state index contributed by atoms with van der Waals surface area (Å²) in [6.45, 7) is 9.30. The molecule has 0 radical (unpaired) electrons. The maximum Gasteiger partial charge on any atom is 0.410 e. The number of benzene rings is 2. The molecule has 1 aliphatic heterocycles. The van der Waals surface area contributed by atoms with Gasteiger partial charge < -0.3 is 28.7 Å². The van der Waals surface area contributed by atoms with E-state index in [0.29, 0.717) is 42.3 Å². The van der Waals surface area contributed by atoms with Crippen LogP contribution in [0.2, 0.25) is 0 Å². The van der Waals surface area contributed by atoms with Crippen molar-refractivity contribution >= 4 is 17.7 Å². The van der Waals surface area contributed by atoms with Crippen molar-refractivity contribution in [2.45, 2.75) is 39.3 Å². The largest absolute Gasteiger partial charge is 0.493 e. The Kier molecular flexibility index (Phi) is 8.36. The molecule has 0 bridgehead atoms. The first-order valence-electron chi connectivity index (χ1n) is 11.8. The Morgan fingerprint density at radius 2 is 1.67 bits per heavy atom. The van der Waals surface area contributed by atoms with E-state index in [1.54, 1.807) is 37.3 Å². The smallest absolute Gasteiger partial charge is 0.410 e. The van der Waals surface area contributed by atoms with Crippen LogP contribution in [0.15, 0.2) is 36.4 Å². The number of carbonyl (C=O) groups is 2. The lowest BCUT2D eigenvalue weighted by molar-refractivity contribution is 0.0159. The van der Waals surface area contributed by atoms with Gasteiger partial charge in [0, 0.05) is 42.5 Å². The molecule has 1 atom stereocenters. The Labute approximate surface area is 213 Å². The lowest BCUT2D eigenvalue weighted by atomic mass is 10.0. The fourth-order valence-corrected chi connectivity index (χ4v) is 3.95. The van der Waals surface area contributed by atoms with Gasteiger partial charge in [0.05, 0.1) is 26.9 Å². The maximum absolute atomic E-state index is 12.6. The first-order valence-corrected chi connectivity index (χ1v) is 11.8. The van der Waals surface area contributed by atoms with Gasteiger partial charge in [-0.15, -0.1) is 0 Å². The Hall–Kier alpha value is -3.86. The summed E-state index contributed by atoms with van der Waals surface area (Å²) in [5.74, 6) is 6.89. The highest BCUT2D eigenvalue weighted by Crippen LogP contribution is 2.28. The second-order valence-electron chi connectivity index (χ2n) is 9.51. The highest BCUT2D eigenvalue weighted by atomic mass is 16.6. The number of hydrogen-bond acceptors (Lipinski definition) is 7. The lowest BCUT2D eigenvalue weighted by Gasteiger charge is -2.41. The normalized spacial score (nSPS) is 15.5. The molecular formula is C28H34N2O6. The quantitative estimate of drug-likeness (QED) is 0.462. The average Bonchev–Trinajstić information content (AvgIpc) is 2.85. The number of carbonyl (C=O) groups excluding carboxylic acids is 2. The van der Waals surface area contributed by atoms with Crippen molar-refractivity contribution in [1.82, 2.24) is 4.90 Å². The summed E-state index contributed by atoms with van der Waals surface area (Å²) in [5.41, 5.74) is 1.98. The van der Waals surface area contributed by atoms with E-state index in [0.717, 1.165) is 11.3 Å². The first-order chi connectivity index (χ1) is 17.1. The number of rotatable bonds is 4. The van der Waals surface area contributed by atoms with Gasteiger partial charge in [-0.1, -0.05) is 11.8 Å². The third kappa shape index (κ3) is 6.42. The van der Waals surface area contributed by atoms with Gasteiger partial charge in [0.1, 0.15) is 5.60 Å². The van der Waals surface area contributed by atoms with E-state index < -0.39 is 11.6 Å². The molecule has 1 heterocycles. The molecule has 1 unspecified atom stereocenters. The van der Waals surface area contributed by atoms with Crippen LogP contribution in [-0.2, 0) is 9.47 Å². The van der Waals surface area contributed by atoms with Crippen LogP contribution in [0.4, 0.5) is 10.5 Å². The second-order valence-corrected chi connectivity index (χ2v) is 9.51. The Morgan fingerprint density at radius 3 is 2.28 bits per heavy atom. The zero-order chi connectivity index (χ0) is 26.5. The third-order valence-corrected chi connectivity index (χ3v) is 5.75. The molecule has 0 saturated carbocycles. The number of ether oxygens (including phenoxy) is 4. The number of piperazine rings is 1. The number of amides is 1. The molecule has 0 spiro atoms. The summed E-state index contributed by atoms with van der Waals surface area (Å²) in [4.78, 5) is 29.0. The molecule has 1 fully saturated rings. The monoisotopic (exact) mass is 494 g/mol. The molecule has 2 aromatic rings. The van der Waals surface area contributed by atoms with Gasteiger partial charge in [-0.2, -0.15) is 0 Å². The van der Waals surface area contributed by atoms with Crippen LogP contribution < -0.4 is 14.4 Å². The number of methoxy groups -OCH3 is 3. The molecule has 1 saturated heterocycles. The molecule has 1 amide bonds. The maximum atomic E-state index is 12.6. The molecule has 8 nitrogen and oxygen atoms in total. The van der Waals surface area contributed by atoms with E-state index in [1.807, 2.05) is 45.9 Å². The van der Waals surface area contributed by atoms with Crippen molar-refractivity contribution in [2.24, 2.45) is 0 Å². The van der Waals surface area contributed by atoms with Crippen LogP contribution >= 0.6 is 0 Å². The van der Waals surface area contributed by atoms with E-state index in [-0.39, 0.29) is 12.1 Å². The van der Waals surface area contributed by atoms with Crippen molar-refractivity contribution in [3.63, 3.8) is 0 Å². The van der Waals surface area contributed by atoms with Gasteiger partial charge in [-0.3, -0.25) is 0 Å². The molecule has 0 aromatic heterocycles. The molecule has 192 valence electrons. The summed E-state index contributed by atoms with van der Waals surface area (Å²) in [5, 5.41) is 0. The first kappa shape index (κ1) is 26.7. The molecule has 8 heteroatoms. The summed E-state index contributed by atoms with van der Waals surface area (Å²) in [6, 6.07) is 10.9. The molecule has 0 aliphatic carbocycles. The van der Waals surface area contributed by atoms with Crippen molar-refractivity contribution in [3.05, 3.63) is 53.1 Å². The van der Waals surface area contributed by atoms with Crippen molar-refractivity contribution in [3.8, 4) is 23.3 Å². The van der Waals surface area contributed by atoms with Gasteiger partial charge in [0.25, 0.3) is 0 Å². The highest BCUT2D eigenvalue weighted by molar-refractivity contribution is 5.93. The van der Waals surface area contributed by atoms with Gasteiger partial charge in [0.2, 0.25) is 0 Å². The second kappa shape index (κ2) is 11.3.